The van der Waals surface area contributed by atoms with Gasteiger partial charge in [-0.05, 0) is 62.2 Å². The van der Waals surface area contributed by atoms with E-state index in [2.05, 4.69) is 10.6 Å². The third-order valence-corrected chi connectivity index (χ3v) is 8.38. The molecule has 0 aromatic heterocycles. The number of nitrogens with zero attached hydrogens (tertiary/aromatic N) is 1. The number of carbonyl (C=O) groups excluding carboxylic acids is 4. The van der Waals surface area contributed by atoms with Crippen LogP contribution >= 0.6 is 0 Å². The lowest BCUT2D eigenvalue weighted by atomic mass is 9.72. The fourth-order valence-electron chi connectivity index (χ4n) is 5.34. The lowest BCUT2D eigenvalue weighted by molar-refractivity contribution is -0.173. The molecule has 1 spiro atoms. The van der Waals surface area contributed by atoms with Crippen LogP contribution in [0.1, 0.15) is 91.9 Å². The van der Waals surface area contributed by atoms with E-state index in [-0.39, 0.29) is 29.7 Å². The van der Waals surface area contributed by atoms with Crippen LogP contribution in [-0.4, -0.2) is 41.1 Å². The molecule has 0 unspecified atom stereocenters. The maximum Gasteiger partial charge on any atom is 0.449 e. The predicted octanol–water partition coefficient (Wildman–Crippen LogP) is 4.39. The number of piperidine rings is 1. The van der Waals surface area contributed by atoms with E-state index >= 15 is 0 Å². The minimum atomic E-state index is -5.04. The van der Waals surface area contributed by atoms with Gasteiger partial charge < -0.3 is 10.6 Å². The van der Waals surface area contributed by atoms with Crippen molar-refractivity contribution in [3.8, 4) is 6.07 Å². The lowest BCUT2D eigenvalue weighted by Crippen LogP contribution is -2.48. The Morgan fingerprint density at radius 3 is 2.19 bits per heavy atom. The second kappa shape index (κ2) is 10.4. The summed E-state index contributed by atoms with van der Waals surface area (Å²) in [5.41, 5.74) is -1.14. The van der Waals surface area contributed by atoms with Gasteiger partial charge in [0.1, 0.15) is 11.8 Å². The van der Waals surface area contributed by atoms with Gasteiger partial charge in [0.2, 0.25) is 17.6 Å². The zero-order chi connectivity index (χ0) is 27.8. The number of alkyl halides is 3. The first-order valence-corrected chi connectivity index (χ1v) is 13.1. The highest BCUT2D eigenvalue weighted by atomic mass is 19.4. The summed E-state index contributed by atoms with van der Waals surface area (Å²) < 4.78 is 38.8. The molecule has 0 aromatic rings. The Labute approximate surface area is 216 Å². The molecule has 206 valence electrons. The molecule has 3 fully saturated rings. The molecule has 1 saturated heterocycles. The summed E-state index contributed by atoms with van der Waals surface area (Å²) in [5, 5.41) is 15.4. The van der Waals surface area contributed by atoms with Gasteiger partial charge in [-0.3, -0.25) is 19.2 Å². The third-order valence-electron chi connectivity index (χ3n) is 8.38. The Morgan fingerprint density at radius 2 is 1.73 bits per heavy atom. The summed E-state index contributed by atoms with van der Waals surface area (Å²) >= 11 is 0. The molecule has 0 aromatic carbocycles. The van der Waals surface area contributed by atoms with Crippen molar-refractivity contribution in [2.45, 2.75) is 110 Å². The fraction of sp³-hybridized carbons (Fsp3) is 0.815. The first kappa shape index (κ1) is 29.1. The number of hydrogen-bond donors (Lipinski definition) is 2. The molecule has 37 heavy (non-hydrogen) atoms. The van der Waals surface area contributed by atoms with Crippen LogP contribution < -0.4 is 10.6 Å². The van der Waals surface area contributed by atoms with Crippen LogP contribution in [0.15, 0.2) is 0 Å². The van der Waals surface area contributed by atoms with Gasteiger partial charge >= 0.3 is 6.18 Å². The van der Waals surface area contributed by atoms with Gasteiger partial charge in [-0.25, -0.2) is 0 Å². The Morgan fingerprint density at radius 1 is 1.11 bits per heavy atom. The highest BCUT2D eigenvalue weighted by Crippen LogP contribution is 2.51. The average molecular weight is 526 g/mol. The minimum absolute atomic E-state index is 0.0821. The van der Waals surface area contributed by atoms with Crippen LogP contribution in [0.2, 0.25) is 0 Å². The lowest BCUT2D eigenvalue weighted by Gasteiger charge is -2.32. The first-order chi connectivity index (χ1) is 17.0. The van der Waals surface area contributed by atoms with Crippen LogP contribution in [0.25, 0.3) is 0 Å². The maximum atomic E-state index is 13.3. The molecule has 3 rings (SSSR count). The van der Waals surface area contributed by atoms with Gasteiger partial charge in [0.15, 0.2) is 0 Å². The van der Waals surface area contributed by atoms with Crippen molar-refractivity contribution in [1.82, 2.24) is 10.6 Å². The second-order valence-electron chi connectivity index (χ2n) is 12.9. The number of hydrogen-bond acceptors (Lipinski definition) is 5. The van der Waals surface area contributed by atoms with Gasteiger partial charge in [0.25, 0.3) is 0 Å². The highest BCUT2D eigenvalue weighted by Gasteiger charge is 2.49. The topological polar surface area (TPSA) is 116 Å². The molecule has 10 heteroatoms. The predicted molar refractivity (Wildman–Crippen MR) is 129 cm³/mol. The fourth-order valence-corrected chi connectivity index (χ4v) is 5.34. The van der Waals surface area contributed by atoms with Crippen LogP contribution in [-0.2, 0) is 19.2 Å². The molecule has 0 bridgehead atoms. The molecular weight excluding hydrogens is 487 g/mol. The summed E-state index contributed by atoms with van der Waals surface area (Å²) in [7, 11) is 0. The number of halogens is 3. The smallest absolute Gasteiger partial charge is 0.350 e. The number of nitrogens with one attached hydrogen (secondary N) is 2. The van der Waals surface area contributed by atoms with Crippen molar-refractivity contribution in [1.29, 1.82) is 5.26 Å². The SMILES string of the molecule is CC1(C[C@H](CC(=O)[C@@H](CC(=O)C(F)(F)F)C(C)(C)C)C(=O)N[C@H](C#N)C[C@@H]2CCC3(CC3)NC2=O)CC1. The van der Waals surface area contributed by atoms with Crippen molar-refractivity contribution in [3.05, 3.63) is 0 Å². The van der Waals surface area contributed by atoms with Gasteiger partial charge in [-0.1, -0.05) is 27.7 Å². The maximum absolute atomic E-state index is 13.3. The van der Waals surface area contributed by atoms with Crippen LogP contribution in [0, 0.1) is 39.9 Å². The standard InChI is InChI=1S/C27H38F3N3O4/c1-24(2,3)19(13-21(35)27(28,29)30)20(34)12-17(14-25(4)7-8-25)22(36)32-18(15-31)11-16-5-6-26(9-10-26)33-23(16)37/h16-19H,5-14H2,1-4H3,(H,32,36)(H,33,37)/t16-,17-,18-,19+/m0/s1. The molecular formula is C27H38F3N3O4. The largest absolute Gasteiger partial charge is 0.449 e. The molecule has 4 atom stereocenters. The normalized spacial score (nSPS) is 24.3. The number of Topliss-reactive ketones (excluding diaryl/α,β-unsaturated/α-hetero) is 2. The molecule has 2 N–H and O–H groups in total. The average Bonchev–Trinajstić information content (AvgIpc) is 3.70. The van der Waals surface area contributed by atoms with Crippen molar-refractivity contribution in [2.24, 2.45) is 28.6 Å². The van der Waals surface area contributed by atoms with Crippen LogP contribution in [0.5, 0.6) is 0 Å². The molecule has 1 aliphatic heterocycles. The number of ketones is 2. The van der Waals surface area contributed by atoms with Crippen LogP contribution in [0.3, 0.4) is 0 Å². The highest BCUT2D eigenvalue weighted by molar-refractivity contribution is 5.93. The van der Waals surface area contributed by atoms with Gasteiger partial charge in [0, 0.05) is 36.1 Å². The van der Waals surface area contributed by atoms with E-state index in [1.807, 2.05) is 13.0 Å². The Bertz CT molecular complexity index is 971. The van der Waals surface area contributed by atoms with E-state index in [4.69, 9.17) is 0 Å². The molecule has 2 saturated carbocycles. The van der Waals surface area contributed by atoms with Crippen molar-refractivity contribution in [2.75, 3.05) is 0 Å². The van der Waals surface area contributed by atoms with Gasteiger partial charge in [-0.15, -0.1) is 0 Å². The van der Waals surface area contributed by atoms with E-state index in [1.165, 1.54) is 0 Å². The van der Waals surface area contributed by atoms with Gasteiger partial charge in [0.05, 0.1) is 6.07 Å². The quantitative estimate of drug-likeness (QED) is 0.415. The third kappa shape index (κ3) is 7.78. The number of rotatable bonds is 11. The molecule has 3 aliphatic rings. The zero-order valence-corrected chi connectivity index (χ0v) is 22.1. The Hall–Kier alpha value is -2.44. The Balaban J connectivity index is 1.68. The summed E-state index contributed by atoms with van der Waals surface area (Å²) in [5.74, 6) is -5.58. The van der Waals surface area contributed by atoms with E-state index in [0.717, 1.165) is 32.1 Å². The summed E-state index contributed by atoms with van der Waals surface area (Å²) in [6.07, 6.45) is -0.646. The van der Waals surface area contributed by atoms with Crippen LogP contribution in [0.4, 0.5) is 13.2 Å². The second-order valence-corrected chi connectivity index (χ2v) is 12.9. The monoisotopic (exact) mass is 525 g/mol. The molecule has 1 heterocycles. The first-order valence-electron chi connectivity index (χ1n) is 13.1. The van der Waals surface area contributed by atoms with Crippen molar-refractivity contribution in [3.63, 3.8) is 0 Å². The van der Waals surface area contributed by atoms with E-state index in [1.54, 1.807) is 20.8 Å². The number of carbonyl (C=O) groups is 4. The van der Waals surface area contributed by atoms with E-state index in [9.17, 15) is 37.6 Å². The van der Waals surface area contributed by atoms with E-state index < -0.39 is 59.3 Å². The molecule has 2 aliphatic carbocycles. The molecule has 7 nitrogen and oxygen atoms in total. The summed E-state index contributed by atoms with van der Waals surface area (Å²) in [4.78, 5) is 50.7. The zero-order valence-electron chi connectivity index (χ0n) is 22.1. The number of nitriles is 1. The van der Waals surface area contributed by atoms with Crippen molar-refractivity contribution < 1.29 is 32.3 Å². The van der Waals surface area contributed by atoms with Crippen molar-refractivity contribution >= 4 is 23.4 Å². The van der Waals surface area contributed by atoms with E-state index in [0.29, 0.717) is 12.8 Å². The molecule has 0 radical (unpaired) electrons. The minimum Gasteiger partial charge on any atom is -0.350 e. The summed E-state index contributed by atoms with van der Waals surface area (Å²) in [6.45, 7) is 6.78. The number of amides is 2. The van der Waals surface area contributed by atoms with Gasteiger partial charge in [-0.2, -0.15) is 18.4 Å². The Kier molecular flexibility index (Phi) is 8.17. The summed E-state index contributed by atoms with van der Waals surface area (Å²) in [6, 6.07) is 1.12. The molecule has 2 amide bonds.